The molecule has 3 nitrogen and oxygen atoms in total. The Balaban J connectivity index is 2.39. The van der Waals surface area contributed by atoms with Gasteiger partial charge in [-0.2, -0.15) is 0 Å². The molecule has 1 rings (SSSR count). The minimum atomic E-state index is -0.338. The summed E-state index contributed by atoms with van der Waals surface area (Å²) in [7, 11) is 0. The first-order chi connectivity index (χ1) is 5.29. The number of rotatable bonds is 0. The molecule has 1 fully saturated rings. The van der Waals surface area contributed by atoms with Crippen molar-refractivity contribution in [1.82, 2.24) is 0 Å². The Hall–Kier alpha value is 0.179. The summed E-state index contributed by atoms with van der Waals surface area (Å²) in [6, 6.07) is 0. The van der Waals surface area contributed by atoms with Crippen LogP contribution in [-0.4, -0.2) is 38.2 Å². The average molecular weight is 286 g/mol. The van der Waals surface area contributed by atoms with Crippen molar-refractivity contribution in [1.29, 1.82) is 0 Å². The summed E-state index contributed by atoms with van der Waals surface area (Å²) in [5, 5.41) is 1.89. The number of hydrogen-bond acceptors (Lipinski definition) is 3. The number of esters is 2. The van der Waals surface area contributed by atoms with E-state index in [2.05, 4.69) is 4.74 Å². The molecule has 1 aliphatic rings. The van der Waals surface area contributed by atoms with Crippen LogP contribution >= 0.6 is 0 Å². The van der Waals surface area contributed by atoms with Crippen LogP contribution in [0.2, 0.25) is 10.6 Å². The van der Waals surface area contributed by atoms with E-state index in [9.17, 15) is 9.59 Å². The van der Waals surface area contributed by atoms with Gasteiger partial charge in [-0.15, -0.1) is 0 Å². The van der Waals surface area contributed by atoms with E-state index in [0.29, 0.717) is 39.1 Å². The molecule has 1 aliphatic heterocycles. The van der Waals surface area contributed by atoms with Crippen LogP contribution in [0.3, 0.4) is 0 Å². The van der Waals surface area contributed by atoms with Gasteiger partial charge in [-0.25, -0.2) is 0 Å². The molecule has 0 saturated carbocycles. The van der Waals surface area contributed by atoms with E-state index in [1.807, 2.05) is 0 Å². The van der Waals surface area contributed by atoms with Crippen molar-refractivity contribution in [2.45, 2.75) is 23.5 Å². The first-order valence-corrected chi connectivity index (χ1v) is 10.0. The molecule has 0 aliphatic carbocycles. The van der Waals surface area contributed by atoms with Crippen molar-refractivity contribution >= 4 is 38.2 Å². The van der Waals surface area contributed by atoms with Crippen LogP contribution in [0.25, 0.3) is 0 Å². The van der Waals surface area contributed by atoms with Gasteiger partial charge >= 0.3 is 76.0 Å². The second-order valence-corrected chi connectivity index (χ2v) is 9.83. The number of carbonyl (C=O) groups is 2. The van der Waals surface area contributed by atoms with Crippen molar-refractivity contribution < 1.29 is 14.3 Å². The molecule has 1 saturated heterocycles. The van der Waals surface area contributed by atoms with E-state index >= 15 is 0 Å². The van der Waals surface area contributed by atoms with Gasteiger partial charge in [0.1, 0.15) is 0 Å². The van der Waals surface area contributed by atoms with E-state index in [1.54, 1.807) is 0 Å². The average Bonchev–Trinajstić information content (AvgIpc) is 2.02. The number of ether oxygens (including phenoxy) is 1. The SMILES string of the molecule is O=C1CC[Se][Se]CCC(=O)O1. The normalized spacial score (nSPS) is 21.5. The maximum atomic E-state index is 10.8. The van der Waals surface area contributed by atoms with Gasteiger partial charge in [0.25, 0.3) is 0 Å². The first-order valence-electron chi connectivity index (χ1n) is 3.27. The molecule has 62 valence electrons. The van der Waals surface area contributed by atoms with Crippen LogP contribution in [0.4, 0.5) is 0 Å². The first kappa shape index (κ1) is 9.27. The summed E-state index contributed by atoms with van der Waals surface area (Å²) in [6.45, 7) is 0. The topological polar surface area (TPSA) is 43.4 Å². The fourth-order valence-corrected chi connectivity index (χ4v) is 6.53. The zero-order valence-corrected chi connectivity index (χ0v) is 9.30. The third-order valence-corrected chi connectivity index (χ3v) is 8.45. The predicted octanol–water partition coefficient (Wildman–Crippen LogP) is 0.01000. The van der Waals surface area contributed by atoms with Gasteiger partial charge in [0, 0.05) is 0 Å². The molecule has 0 N–H and O–H groups in total. The number of hydrogen-bond donors (Lipinski definition) is 0. The zero-order chi connectivity index (χ0) is 8.10. The Kier molecular flexibility index (Phi) is 4.16. The van der Waals surface area contributed by atoms with Crippen molar-refractivity contribution in [2.24, 2.45) is 0 Å². The van der Waals surface area contributed by atoms with E-state index < -0.39 is 0 Å². The van der Waals surface area contributed by atoms with Crippen LogP contribution in [-0.2, 0) is 14.3 Å². The van der Waals surface area contributed by atoms with Crippen LogP contribution in [0.5, 0.6) is 0 Å². The van der Waals surface area contributed by atoms with Crippen LogP contribution < -0.4 is 0 Å². The summed E-state index contributed by atoms with van der Waals surface area (Å²) in [5.41, 5.74) is 0. The number of carbonyl (C=O) groups excluding carboxylic acids is 2. The van der Waals surface area contributed by atoms with Crippen molar-refractivity contribution in [3.63, 3.8) is 0 Å². The summed E-state index contributed by atoms with van der Waals surface area (Å²) >= 11 is 1.19. The van der Waals surface area contributed by atoms with E-state index in [1.165, 1.54) is 0 Å². The standard InChI is InChI=1S/C6H8O3Se2/c7-5-1-3-10-11-4-2-6(8)9-5/h1-4H2. The fourth-order valence-electron chi connectivity index (χ4n) is 0.597. The third-order valence-electron chi connectivity index (χ3n) is 1.09. The van der Waals surface area contributed by atoms with Crippen molar-refractivity contribution in [3.05, 3.63) is 0 Å². The summed E-state index contributed by atoms with van der Waals surface area (Å²) < 4.78 is 4.51. The van der Waals surface area contributed by atoms with Gasteiger partial charge in [-0.1, -0.05) is 0 Å². The van der Waals surface area contributed by atoms with E-state index in [0.717, 1.165) is 10.6 Å². The van der Waals surface area contributed by atoms with E-state index in [-0.39, 0.29) is 11.9 Å². The molecule has 11 heavy (non-hydrogen) atoms. The third kappa shape index (κ3) is 3.92. The Bertz CT molecular complexity index is 151. The molecule has 0 aromatic rings. The molecule has 0 aromatic heterocycles. The second kappa shape index (κ2) is 4.94. The van der Waals surface area contributed by atoms with Crippen LogP contribution in [0, 0.1) is 0 Å². The molecule has 0 atom stereocenters. The maximum absolute atomic E-state index is 10.8. The number of cyclic esters (lactones) is 2. The quantitative estimate of drug-likeness (QED) is 0.358. The Morgan fingerprint density at radius 1 is 1.00 bits per heavy atom. The molecule has 5 heteroatoms. The van der Waals surface area contributed by atoms with Crippen molar-refractivity contribution in [3.8, 4) is 0 Å². The monoisotopic (exact) mass is 288 g/mol. The van der Waals surface area contributed by atoms with Crippen LogP contribution in [0.15, 0.2) is 0 Å². The van der Waals surface area contributed by atoms with Gasteiger partial charge in [-0.05, 0) is 0 Å². The van der Waals surface area contributed by atoms with Gasteiger partial charge in [0.2, 0.25) is 0 Å². The zero-order valence-electron chi connectivity index (χ0n) is 5.87. The molecule has 0 aromatic carbocycles. The molecule has 0 bridgehead atoms. The minimum absolute atomic E-state index is 0.338. The Labute approximate surface area is 76.1 Å². The molecular formula is C6H8O3Se2. The fraction of sp³-hybridized carbons (Fsp3) is 0.667. The van der Waals surface area contributed by atoms with Crippen molar-refractivity contribution in [2.75, 3.05) is 0 Å². The predicted molar refractivity (Wildman–Crippen MR) is 41.5 cm³/mol. The Morgan fingerprint density at radius 2 is 1.45 bits per heavy atom. The van der Waals surface area contributed by atoms with Crippen LogP contribution in [0.1, 0.15) is 12.8 Å². The van der Waals surface area contributed by atoms with Gasteiger partial charge in [0.05, 0.1) is 0 Å². The summed E-state index contributed by atoms with van der Waals surface area (Å²) in [5.74, 6) is -0.677. The van der Waals surface area contributed by atoms with Gasteiger partial charge in [0.15, 0.2) is 0 Å². The molecule has 0 unspecified atom stereocenters. The molecule has 0 amide bonds. The Morgan fingerprint density at radius 3 is 1.91 bits per heavy atom. The molecule has 1 heterocycles. The van der Waals surface area contributed by atoms with E-state index in [4.69, 9.17) is 0 Å². The molecule has 0 radical (unpaired) electrons. The molecule has 0 spiro atoms. The summed E-state index contributed by atoms with van der Waals surface area (Å²) in [4.78, 5) is 21.5. The second-order valence-electron chi connectivity index (χ2n) is 1.99. The van der Waals surface area contributed by atoms with Gasteiger partial charge < -0.3 is 0 Å². The van der Waals surface area contributed by atoms with Gasteiger partial charge in [-0.3, -0.25) is 0 Å². The summed E-state index contributed by atoms with van der Waals surface area (Å²) in [6.07, 6.45) is 0.876. The molecular weight excluding hydrogens is 278 g/mol.